The quantitative estimate of drug-likeness (QED) is 0.716. The molecule has 5 heteroatoms. The summed E-state index contributed by atoms with van der Waals surface area (Å²) < 4.78 is 28.1. The fourth-order valence-electron chi connectivity index (χ4n) is 0.744. The van der Waals surface area contributed by atoms with E-state index in [0.29, 0.717) is 0 Å². The smallest absolute Gasteiger partial charge is 0.272 e. The lowest BCUT2D eigenvalue weighted by molar-refractivity contribution is 0.0816. The molecule has 0 fully saturated rings. The van der Waals surface area contributed by atoms with Gasteiger partial charge in [-0.15, -0.1) is 0 Å². The highest BCUT2D eigenvalue weighted by Gasteiger charge is 2.07. The number of ether oxygens (including phenoxy) is 1. The molecule has 0 spiro atoms. The molecular formula is C8H6F2N2O. The van der Waals surface area contributed by atoms with Gasteiger partial charge in [-0.1, -0.05) is 0 Å². The summed E-state index contributed by atoms with van der Waals surface area (Å²) in [7, 11) is 0. The van der Waals surface area contributed by atoms with Crippen LogP contribution >= 0.6 is 0 Å². The number of hydrogen-bond acceptors (Lipinski definition) is 3. The van der Waals surface area contributed by atoms with Crippen molar-refractivity contribution in [3.8, 4) is 11.8 Å². The van der Waals surface area contributed by atoms with Crippen LogP contribution in [0.5, 0.6) is 5.75 Å². The number of rotatable bonds is 3. The first-order valence-corrected chi connectivity index (χ1v) is 3.50. The Labute approximate surface area is 73.6 Å². The Morgan fingerprint density at radius 2 is 2.38 bits per heavy atom. The van der Waals surface area contributed by atoms with Crippen LogP contribution in [0.15, 0.2) is 18.3 Å². The molecule has 0 unspecified atom stereocenters. The zero-order chi connectivity index (χ0) is 9.68. The average Bonchev–Trinajstić information content (AvgIpc) is 2.15. The van der Waals surface area contributed by atoms with Crippen LogP contribution in [0.1, 0.15) is 5.69 Å². The monoisotopic (exact) mass is 184 g/mol. The maximum absolute atomic E-state index is 11.7. The number of pyridine rings is 1. The lowest BCUT2D eigenvalue weighted by Crippen LogP contribution is -2.08. The van der Waals surface area contributed by atoms with Crippen molar-refractivity contribution >= 4 is 0 Å². The van der Waals surface area contributed by atoms with Gasteiger partial charge in [-0.25, -0.2) is 13.8 Å². The van der Waals surface area contributed by atoms with Crippen molar-refractivity contribution < 1.29 is 13.5 Å². The van der Waals surface area contributed by atoms with Crippen molar-refractivity contribution in [1.29, 1.82) is 5.26 Å². The zero-order valence-electron chi connectivity index (χ0n) is 6.58. The number of hydrogen-bond donors (Lipinski definition) is 0. The summed E-state index contributed by atoms with van der Waals surface area (Å²) in [5.41, 5.74) is 0.0168. The Kier molecular flexibility index (Phi) is 3.15. The minimum absolute atomic E-state index is 0.0168. The average molecular weight is 184 g/mol. The van der Waals surface area contributed by atoms with Crippen molar-refractivity contribution in [1.82, 2.24) is 4.98 Å². The fourth-order valence-corrected chi connectivity index (χ4v) is 0.744. The fraction of sp³-hybridized carbons (Fsp3) is 0.250. The van der Waals surface area contributed by atoms with Crippen LogP contribution in [-0.2, 0) is 0 Å². The van der Waals surface area contributed by atoms with Gasteiger partial charge >= 0.3 is 0 Å². The van der Waals surface area contributed by atoms with E-state index in [9.17, 15) is 8.78 Å². The van der Waals surface area contributed by atoms with Crippen LogP contribution < -0.4 is 4.74 Å². The Morgan fingerprint density at radius 1 is 1.62 bits per heavy atom. The second-order valence-electron chi connectivity index (χ2n) is 2.16. The van der Waals surface area contributed by atoms with Crippen molar-refractivity contribution in [2.45, 2.75) is 6.43 Å². The number of halogens is 2. The minimum atomic E-state index is -2.55. The molecule has 1 aromatic heterocycles. The zero-order valence-corrected chi connectivity index (χ0v) is 6.58. The van der Waals surface area contributed by atoms with Gasteiger partial charge in [0.05, 0.1) is 0 Å². The molecule has 0 aliphatic heterocycles. The molecule has 0 saturated carbocycles. The van der Waals surface area contributed by atoms with Gasteiger partial charge in [-0.2, -0.15) is 5.26 Å². The number of nitriles is 1. The molecule has 0 atom stereocenters. The third-order valence-electron chi connectivity index (χ3n) is 1.24. The summed E-state index contributed by atoms with van der Waals surface area (Å²) >= 11 is 0. The number of nitrogens with zero attached hydrogens (tertiary/aromatic N) is 2. The first-order chi connectivity index (χ1) is 6.24. The van der Waals surface area contributed by atoms with E-state index in [1.165, 1.54) is 18.3 Å². The highest BCUT2D eigenvalue weighted by Crippen LogP contribution is 2.14. The summed E-state index contributed by atoms with van der Waals surface area (Å²) in [6.45, 7) is -0.722. The van der Waals surface area contributed by atoms with Gasteiger partial charge in [-0.3, -0.25) is 0 Å². The lowest BCUT2D eigenvalue weighted by atomic mass is 10.3. The Bertz CT molecular complexity index is 322. The molecule has 0 aromatic carbocycles. The SMILES string of the molecule is N#Cc1ncccc1OCC(F)F. The Balaban J connectivity index is 2.71. The standard InChI is InChI=1S/C8H6F2N2O/c9-8(10)5-13-7-2-1-3-12-6(7)4-11/h1-3,8H,5H2. The largest absolute Gasteiger partial charge is 0.485 e. The first kappa shape index (κ1) is 9.39. The van der Waals surface area contributed by atoms with E-state index < -0.39 is 13.0 Å². The minimum Gasteiger partial charge on any atom is -0.485 e. The third-order valence-corrected chi connectivity index (χ3v) is 1.24. The molecule has 0 radical (unpaired) electrons. The highest BCUT2D eigenvalue weighted by atomic mass is 19.3. The summed E-state index contributed by atoms with van der Waals surface area (Å²) in [5.74, 6) is 0.0882. The summed E-state index contributed by atoms with van der Waals surface area (Å²) in [6, 6.07) is 4.68. The van der Waals surface area contributed by atoms with E-state index >= 15 is 0 Å². The van der Waals surface area contributed by atoms with Crippen LogP contribution in [0, 0.1) is 11.3 Å². The van der Waals surface area contributed by atoms with E-state index in [1.807, 2.05) is 0 Å². The second kappa shape index (κ2) is 4.36. The molecule has 0 aliphatic carbocycles. The number of alkyl halides is 2. The molecular weight excluding hydrogens is 178 g/mol. The molecule has 0 saturated heterocycles. The van der Waals surface area contributed by atoms with Crippen molar-refractivity contribution in [2.75, 3.05) is 6.61 Å². The molecule has 1 aromatic rings. The van der Waals surface area contributed by atoms with Crippen LogP contribution in [0.3, 0.4) is 0 Å². The molecule has 13 heavy (non-hydrogen) atoms. The molecule has 0 amide bonds. The second-order valence-corrected chi connectivity index (χ2v) is 2.16. The maximum Gasteiger partial charge on any atom is 0.272 e. The predicted molar refractivity (Wildman–Crippen MR) is 40.5 cm³/mol. The maximum atomic E-state index is 11.7. The van der Waals surface area contributed by atoms with Gasteiger partial charge < -0.3 is 4.74 Å². The molecule has 0 N–H and O–H groups in total. The Morgan fingerprint density at radius 3 is 3.00 bits per heavy atom. The molecule has 0 bridgehead atoms. The number of aromatic nitrogens is 1. The van der Waals surface area contributed by atoms with E-state index in [1.54, 1.807) is 6.07 Å². The molecule has 1 rings (SSSR count). The third kappa shape index (κ3) is 2.67. The molecule has 1 heterocycles. The van der Waals surface area contributed by atoms with Gasteiger partial charge in [0.1, 0.15) is 12.7 Å². The molecule has 0 aliphatic rings. The van der Waals surface area contributed by atoms with Crippen molar-refractivity contribution in [3.63, 3.8) is 0 Å². The Hall–Kier alpha value is -1.70. The summed E-state index contributed by atoms with van der Waals surface area (Å²) in [6.07, 6.45) is -1.15. The van der Waals surface area contributed by atoms with Gasteiger partial charge in [0.2, 0.25) is 0 Å². The van der Waals surface area contributed by atoms with E-state index in [-0.39, 0.29) is 11.4 Å². The molecule has 68 valence electrons. The van der Waals surface area contributed by atoms with Gasteiger partial charge in [0, 0.05) is 6.20 Å². The van der Waals surface area contributed by atoms with E-state index in [4.69, 9.17) is 5.26 Å². The molecule has 3 nitrogen and oxygen atoms in total. The highest BCUT2D eigenvalue weighted by molar-refractivity contribution is 5.36. The summed E-state index contributed by atoms with van der Waals surface area (Å²) in [4.78, 5) is 3.64. The normalized spacial score (nSPS) is 9.69. The van der Waals surface area contributed by atoms with E-state index in [2.05, 4.69) is 9.72 Å². The van der Waals surface area contributed by atoms with Gasteiger partial charge in [-0.05, 0) is 12.1 Å². The van der Waals surface area contributed by atoms with Gasteiger partial charge in [0.25, 0.3) is 6.43 Å². The van der Waals surface area contributed by atoms with Crippen LogP contribution in [-0.4, -0.2) is 18.0 Å². The van der Waals surface area contributed by atoms with Crippen LogP contribution in [0.25, 0.3) is 0 Å². The van der Waals surface area contributed by atoms with Crippen molar-refractivity contribution in [2.24, 2.45) is 0 Å². The van der Waals surface area contributed by atoms with Gasteiger partial charge in [0.15, 0.2) is 11.4 Å². The topological polar surface area (TPSA) is 45.9 Å². The predicted octanol–water partition coefficient (Wildman–Crippen LogP) is 1.60. The summed E-state index contributed by atoms with van der Waals surface area (Å²) in [5, 5.41) is 8.50. The lowest BCUT2D eigenvalue weighted by Gasteiger charge is -2.04. The van der Waals surface area contributed by atoms with Crippen molar-refractivity contribution in [3.05, 3.63) is 24.0 Å². The van der Waals surface area contributed by atoms with Crippen LogP contribution in [0.2, 0.25) is 0 Å². The van der Waals surface area contributed by atoms with Crippen LogP contribution in [0.4, 0.5) is 8.78 Å². The first-order valence-electron chi connectivity index (χ1n) is 3.50. The van der Waals surface area contributed by atoms with E-state index in [0.717, 1.165) is 0 Å².